The van der Waals surface area contributed by atoms with E-state index in [9.17, 15) is 9.59 Å². The first-order valence-corrected chi connectivity index (χ1v) is 14.2. The number of aryl methyl sites for hydroxylation is 1. The van der Waals surface area contributed by atoms with Crippen LogP contribution >= 0.6 is 0 Å². The number of carbonyl (C=O) groups is 2. The smallest absolute Gasteiger partial charge is 0.323 e. The largest absolute Gasteiger partial charge is 0.495 e. The van der Waals surface area contributed by atoms with Gasteiger partial charge in [0.15, 0.2) is 0 Å². The van der Waals surface area contributed by atoms with Crippen LogP contribution in [0.15, 0.2) is 60.7 Å². The van der Waals surface area contributed by atoms with Gasteiger partial charge in [0.2, 0.25) is 0 Å². The molecule has 1 fully saturated rings. The first-order chi connectivity index (χ1) is 19.9. The second kappa shape index (κ2) is 14.4. The van der Waals surface area contributed by atoms with Gasteiger partial charge in [-0.1, -0.05) is 24.3 Å². The van der Waals surface area contributed by atoms with Crippen LogP contribution in [0.3, 0.4) is 0 Å². The molecule has 0 spiro atoms. The van der Waals surface area contributed by atoms with Gasteiger partial charge in [0, 0.05) is 63.0 Å². The Morgan fingerprint density at radius 2 is 1.61 bits per heavy atom. The summed E-state index contributed by atoms with van der Waals surface area (Å²) in [5.74, 6) is 0.671. The Bertz CT molecular complexity index is 1340. The van der Waals surface area contributed by atoms with Crippen LogP contribution in [0.25, 0.3) is 0 Å². The van der Waals surface area contributed by atoms with E-state index in [4.69, 9.17) is 9.47 Å². The van der Waals surface area contributed by atoms with Gasteiger partial charge in [-0.3, -0.25) is 4.79 Å². The number of benzene rings is 3. The normalized spacial score (nSPS) is 13.1. The zero-order valence-electron chi connectivity index (χ0n) is 24.5. The van der Waals surface area contributed by atoms with Crippen LogP contribution in [0.2, 0.25) is 0 Å². The van der Waals surface area contributed by atoms with Crippen molar-refractivity contribution >= 4 is 34.7 Å². The van der Waals surface area contributed by atoms with Gasteiger partial charge in [-0.05, 0) is 74.7 Å². The van der Waals surface area contributed by atoms with E-state index in [2.05, 4.69) is 31.8 Å². The maximum Gasteiger partial charge on any atom is 0.323 e. The minimum absolute atomic E-state index is 0.178. The fourth-order valence-corrected chi connectivity index (χ4v) is 4.94. The van der Waals surface area contributed by atoms with Crippen molar-refractivity contribution in [2.75, 3.05) is 73.5 Å². The SMILES string of the molecule is CCOCCCNC(=O)c1cc(NC(=O)Nc2cccc(C)c2C)ccc1N1CCN(c2ccccc2OC)CC1. The summed E-state index contributed by atoms with van der Waals surface area (Å²) >= 11 is 0. The number of nitrogens with one attached hydrogen (secondary N) is 3. The lowest BCUT2D eigenvalue weighted by molar-refractivity contribution is 0.0944. The van der Waals surface area contributed by atoms with Crippen molar-refractivity contribution in [3.63, 3.8) is 0 Å². The molecule has 0 unspecified atom stereocenters. The van der Waals surface area contributed by atoms with Crippen LogP contribution in [0.5, 0.6) is 5.75 Å². The number of urea groups is 1. The molecule has 3 N–H and O–H groups in total. The first-order valence-electron chi connectivity index (χ1n) is 14.2. The number of methoxy groups -OCH3 is 1. The number of hydrogen-bond acceptors (Lipinski definition) is 6. The summed E-state index contributed by atoms with van der Waals surface area (Å²) in [7, 11) is 1.69. The van der Waals surface area contributed by atoms with E-state index >= 15 is 0 Å². The summed E-state index contributed by atoms with van der Waals surface area (Å²) in [6.45, 7) is 10.7. The van der Waals surface area contributed by atoms with Gasteiger partial charge in [0.1, 0.15) is 5.75 Å². The molecular formula is C32H41N5O4. The van der Waals surface area contributed by atoms with Crippen molar-refractivity contribution in [1.29, 1.82) is 0 Å². The van der Waals surface area contributed by atoms with Crippen molar-refractivity contribution in [3.8, 4) is 5.75 Å². The highest BCUT2D eigenvalue weighted by atomic mass is 16.5. The number of para-hydroxylation sites is 2. The number of rotatable bonds is 11. The first kappa shape index (κ1) is 29.7. The fraction of sp³-hybridized carbons (Fsp3) is 0.375. The Balaban J connectivity index is 1.49. The Labute approximate surface area is 242 Å². The monoisotopic (exact) mass is 559 g/mol. The summed E-state index contributed by atoms with van der Waals surface area (Å²) in [6, 6.07) is 19.0. The minimum Gasteiger partial charge on any atom is -0.495 e. The molecule has 9 heteroatoms. The lowest BCUT2D eigenvalue weighted by atomic mass is 10.1. The lowest BCUT2D eigenvalue weighted by Gasteiger charge is -2.38. The van der Waals surface area contributed by atoms with Gasteiger partial charge >= 0.3 is 6.03 Å². The molecule has 0 aromatic heterocycles. The van der Waals surface area contributed by atoms with Crippen LogP contribution in [0, 0.1) is 13.8 Å². The van der Waals surface area contributed by atoms with E-state index < -0.39 is 0 Å². The standard InChI is InChI=1S/C32H41N5O4/c1-5-41-21-9-16-33-31(38)26-22-25(34-32(39)35-27-11-8-10-23(2)24(27)3)14-15-28(26)36-17-19-37(20-18-36)29-12-6-7-13-30(29)40-4/h6-8,10-15,22H,5,9,16-21H2,1-4H3,(H,33,38)(H2,34,35,39). The Morgan fingerprint density at radius 1 is 0.878 bits per heavy atom. The molecule has 0 bridgehead atoms. The van der Waals surface area contributed by atoms with Crippen LogP contribution in [0.4, 0.5) is 27.5 Å². The molecule has 1 aliphatic rings. The Kier molecular flexibility index (Phi) is 10.5. The molecule has 41 heavy (non-hydrogen) atoms. The molecule has 0 aliphatic carbocycles. The molecular weight excluding hydrogens is 518 g/mol. The van der Waals surface area contributed by atoms with Gasteiger partial charge in [-0.2, -0.15) is 0 Å². The van der Waals surface area contributed by atoms with Gasteiger partial charge in [0.05, 0.1) is 18.4 Å². The molecule has 3 aromatic carbocycles. The van der Waals surface area contributed by atoms with Gasteiger partial charge in [-0.25, -0.2) is 4.79 Å². The predicted octanol–water partition coefficient (Wildman–Crippen LogP) is 5.44. The third-order valence-corrected chi connectivity index (χ3v) is 7.35. The van der Waals surface area contributed by atoms with Gasteiger partial charge < -0.3 is 35.2 Å². The molecule has 3 aromatic rings. The van der Waals surface area contributed by atoms with Crippen molar-refractivity contribution in [3.05, 3.63) is 77.4 Å². The molecule has 218 valence electrons. The maximum atomic E-state index is 13.4. The number of piperazine rings is 1. The Morgan fingerprint density at radius 3 is 2.34 bits per heavy atom. The molecule has 0 saturated carbocycles. The number of nitrogens with zero attached hydrogens (tertiary/aromatic N) is 2. The fourth-order valence-electron chi connectivity index (χ4n) is 4.94. The number of ether oxygens (including phenoxy) is 2. The molecule has 1 aliphatic heterocycles. The maximum absolute atomic E-state index is 13.4. The zero-order valence-corrected chi connectivity index (χ0v) is 24.5. The molecule has 0 atom stereocenters. The van der Waals surface area contributed by atoms with E-state index in [1.807, 2.05) is 69.3 Å². The van der Waals surface area contributed by atoms with Crippen molar-refractivity contribution in [2.24, 2.45) is 0 Å². The van der Waals surface area contributed by atoms with Crippen molar-refractivity contribution in [2.45, 2.75) is 27.2 Å². The van der Waals surface area contributed by atoms with Crippen LogP contribution < -0.4 is 30.5 Å². The summed E-state index contributed by atoms with van der Waals surface area (Å²) in [5, 5.41) is 8.84. The minimum atomic E-state index is -0.361. The third kappa shape index (κ3) is 7.70. The van der Waals surface area contributed by atoms with E-state index in [0.717, 1.165) is 66.5 Å². The number of anilines is 4. The number of carbonyl (C=O) groups excluding carboxylic acids is 2. The number of hydrogen-bond donors (Lipinski definition) is 3. The highest BCUT2D eigenvalue weighted by Gasteiger charge is 2.24. The lowest BCUT2D eigenvalue weighted by Crippen LogP contribution is -2.47. The highest BCUT2D eigenvalue weighted by Crippen LogP contribution is 2.31. The zero-order chi connectivity index (χ0) is 29.2. The summed E-state index contributed by atoms with van der Waals surface area (Å²) < 4.78 is 11.0. The van der Waals surface area contributed by atoms with Crippen LogP contribution in [0.1, 0.15) is 34.8 Å². The van der Waals surface area contributed by atoms with Gasteiger partial charge in [-0.15, -0.1) is 0 Å². The quantitative estimate of drug-likeness (QED) is 0.271. The van der Waals surface area contributed by atoms with E-state index in [0.29, 0.717) is 31.0 Å². The summed E-state index contributed by atoms with van der Waals surface area (Å²) in [4.78, 5) is 30.8. The summed E-state index contributed by atoms with van der Waals surface area (Å²) in [6.07, 6.45) is 0.725. The van der Waals surface area contributed by atoms with Crippen LogP contribution in [-0.4, -0.2) is 65.0 Å². The second-order valence-corrected chi connectivity index (χ2v) is 10.0. The number of amides is 3. The third-order valence-electron chi connectivity index (χ3n) is 7.35. The van der Waals surface area contributed by atoms with Crippen LogP contribution in [-0.2, 0) is 4.74 Å². The average molecular weight is 560 g/mol. The highest BCUT2D eigenvalue weighted by molar-refractivity contribution is 6.04. The van der Waals surface area contributed by atoms with Crippen molar-refractivity contribution in [1.82, 2.24) is 5.32 Å². The van der Waals surface area contributed by atoms with E-state index in [1.165, 1.54) is 0 Å². The predicted molar refractivity (Wildman–Crippen MR) is 166 cm³/mol. The second-order valence-electron chi connectivity index (χ2n) is 10.0. The molecule has 0 radical (unpaired) electrons. The van der Waals surface area contributed by atoms with Crippen molar-refractivity contribution < 1.29 is 19.1 Å². The van der Waals surface area contributed by atoms with E-state index in [-0.39, 0.29) is 11.9 Å². The Hall–Kier alpha value is -4.24. The summed E-state index contributed by atoms with van der Waals surface area (Å²) in [5.41, 5.74) is 5.84. The molecule has 9 nitrogen and oxygen atoms in total. The molecule has 4 rings (SSSR count). The molecule has 1 heterocycles. The average Bonchev–Trinajstić information content (AvgIpc) is 2.99. The molecule has 1 saturated heterocycles. The van der Waals surface area contributed by atoms with E-state index in [1.54, 1.807) is 13.2 Å². The van der Waals surface area contributed by atoms with Gasteiger partial charge in [0.25, 0.3) is 5.91 Å². The topological polar surface area (TPSA) is 95.2 Å². The molecule has 3 amide bonds.